The summed E-state index contributed by atoms with van der Waals surface area (Å²) in [4.78, 5) is 27.8. The molecule has 0 spiro atoms. The minimum absolute atomic E-state index is 0.294. The minimum atomic E-state index is -0.315. The maximum absolute atomic E-state index is 11.8. The maximum Gasteiger partial charge on any atom is 0.240 e. The van der Waals surface area contributed by atoms with Crippen LogP contribution in [0.5, 0.6) is 5.75 Å². The number of pyridine rings is 1. The molecule has 9 nitrogen and oxygen atoms in total. The molecule has 1 fully saturated rings. The molecular weight excluding hydrogens is 382 g/mol. The first-order valence-electron chi connectivity index (χ1n) is 10.3. The van der Waals surface area contributed by atoms with E-state index in [9.17, 15) is 4.79 Å². The van der Waals surface area contributed by atoms with Gasteiger partial charge in [0, 0.05) is 43.4 Å². The summed E-state index contributed by atoms with van der Waals surface area (Å²) in [5, 5.41) is 0. The zero-order valence-corrected chi connectivity index (χ0v) is 17.2. The standard InChI is InChI=1S/C21H25N7O2/c1-13(2)27-7-5-23-21(27)15-12-26-8-9-30-17-10-18(24-11-14(17)20(26)25-15)28-6-3-4-16(28)19(22)29/h5,7,10-13,16H,3-4,6,8-9H2,1-2H3,(H2,22,29)/t16-/m0/s1. The van der Waals surface area contributed by atoms with Gasteiger partial charge in [-0.25, -0.2) is 15.0 Å². The Morgan fingerprint density at radius 2 is 2.13 bits per heavy atom. The summed E-state index contributed by atoms with van der Waals surface area (Å²) < 4.78 is 10.2. The summed E-state index contributed by atoms with van der Waals surface area (Å²) in [6.45, 7) is 6.21. The topological polar surface area (TPSA) is 104 Å². The van der Waals surface area contributed by atoms with Crippen molar-refractivity contribution in [2.45, 2.75) is 45.3 Å². The third-order valence-electron chi connectivity index (χ3n) is 5.79. The Morgan fingerprint density at radius 3 is 2.93 bits per heavy atom. The van der Waals surface area contributed by atoms with Crippen molar-refractivity contribution in [2.75, 3.05) is 18.1 Å². The van der Waals surface area contributed by atoms with Gasteiger partial charge in [0.25, 0.3) is 0 Å². The Balaban J connectivity index is 1.54. The molecule has 1 saturated heterocycles. The lowest BCUT2D eigenvalue weighted by molar-refractivity contribution is -0.119. The van der Waals surface area contributed by atoms with Crippen molar-refractivity contribution in [1.29, 1.82) is 0 Å². The molecule has 0 aromatic carbocycles. The SMILES string of the molecule is CC(C)n1ccnc1-c1cn2c(n1)-c1cnc(N3CCC[C@H]3C(N)=O)cc1OCC2. The quantitative estimate of drug-likeness (QED) is 0.711. The van der Waals surface area contributed by atoms with Crippen LogP contribution in [0.4, 0.5) is 5.82 Å². The van der Waals surface area contributed by atoms with Crippen molar-refractivity contribution in [1.82, 2.24) is 24.1 Å². The van der Waals surface area contributed by atoms with Crippen LogP contribution in [-0.4, -0.2) is 49.2 Å². The van der Waals surface area contributed by atoms with Crippen LogP contribution in [0.2, 0.25) is 0 Å². The molecule has 1 atom stereocenters. The van der Waals surface area contributed by atoms with Gasteiger partial charge in [-0.3, -0.25) is 4.79 Å². The third kappa shape index (κ3) is 3.01. The lowest BCUT2D eigenvalue weighted by atomic mass is 10.2. The van der Waals surface area contributed by atoms with E-state index in [1.807, 2.05) is 23.4 Å². The summed E-state index contributed by atoms with van der Waals surface area (Å²) in [7, 11) is 0. The number of ether oxygens (including phenoxy) is 1. The number of nitrogens with two attached hydrogens (primary N) is 1. The van der Waals surface area contributed by atoms with E-state index >= 15 is 0 Å². The van der Waals surface area contributed by atoms with Crippen molar-refractivity contribution < 1.29 is 9.53 Å². The van der Waals surface area contributed by atoms with Gasteiger partial charge in [0.05, 0.1) is 12.1 Å². The van der Waals surface area contributed by atoms with Crippen LogP contribution >= 0.6 is 0 Å². The van der Waals surface area contributed by atoms with Crippen LogP contribution in [-0.2, 0) is 11.3 Å². The molecular formula is C21H25N7O2. The lowest BCUT2D eigenvalue weighted by Gasteiger charge is -2.23. The number of hydrogen-bond donors (Lipinski definition) is 1. The number of aromatic nitrogens is 5. The average Bonchev–Trinajstić information content (AvgIpc) is 3.45. The molecule has 3 aromatic rings. The van der Waals surface area contributed by atoms with E-state index in [0.29, 0.717) is 25.0 Å². The van der Waals surface area contributed by atoms with Gasteiger partial charge in [-0.15, -0.1) is 0 Å². The lowest BCUT2D eigenvalue weighted by Crippen LogP contribution is -2.40. The molecule has 156 valence electrons. The Bertz CT molecular complexity index is 1100. The molecule has 1 amide bonds. The number of hydrogen-bond acceptors (Lipinski definition) is 6. The Morgan fingerprint density at radius 1 is 1.27 bits per heavy atom. The fourth-order valence-corrected chi connectivity index (χ4v) is 4.30. The highest BCUT2D eigenvalue weighted by molar-refractivity contribution is 5.84. The van der Waals surface area contributed by atoms with E-state index in [4.69, 9.17) is 15.5 Å². The van der Waals surface area contributed by atoms with Gasteiger partial charge in [-0.1, -0.05) is 0 Å². The highest BCUT2D eigenvalue weighted by Crippen LogP contribution is 2.36. The Kier molecular flexibility index (Phi) is 4.45. The van der Waals surface area contributed by atoms with Crippen molar-refractivity contribution in [3.8, 4) is 28.7 Å². The van der Waals surface area contributed by atoms with Crippen molar-refractivity contribution >= 4 is 11.7 Å². The van der Waals surface area contributed by atoms with E-state index in [1.54, 1.807) is 12.4 Å². The second-order valence-electron chi connectivity index (χ2n) is 8.04. The number of primary amides is 1. The monoisotopic (exact) mass is 407 g/mol. The molecule has 0 radical (unpaired) electrons. The molecule has 3 aromatic heterocycles. The van der Waals surface area contributed by atoms with Crippen LogP contribution in [0, 0.1) is 0 Å². The predicted molar refractivity (Wildman–Crippen MR) is 112 cm³/mol. The molecule has 0 bridgehead atoms. The van der Waals surface area contributed by atoms with Gasteiger partial charge in [0.2, 0.25) is 5.91 Å². The molecule has 30 heavy (non-hydrogen) atoms. The summed E-state index contributed by atoms with van der Waals surface area (Å²) in [6.07, 6.45) is 9.25. The normalized spacial score (nSPS) is 18.1. The molecule has 5 rings (SSSR count). The summed E-state index contributed by atoms with van der Waals surface area (Å²) in [6, 6.07) is 1.88. The number of nitrogens with zero attached hydrogens (tertiary/aromatic N) is 6. The number of rotatable bonds is 4. The van der Waals surface area contributed by atoms with E-state index in [2.05, 4.69) is 32.9 Å². The highest BCUT2D eigenvalue weighted by atomic mass is 16.5. The van der Waals surface area contributed by atoms with Gasteiger partial charge >= 0.3 is 0 Å². The van der Waals surface area contributed by atoms with Crippen LogP contribution in [0.25, 0.3) is 22.9 Å². The average molecular weight is 407 g/mol. The van der Waals surface area contributed by atoms with Crippen LogP contribution < -0.4 is 15.4 Å². The van der Waals surface area contributed by atoms with Gasteiger partial charge in [0.15, 0.2) is 5.82 Å². The zero-order valence-electron chi connectivity index (χ0n) is 17.2. The predicted octanol–water partition coefficient (Wildman–Crippen LogP) is 2.24. The number of imidazole rings is 2. The molecule has 0 saturated carbocycles. The number of carbonyl (C=O) groups is 1. The second kappa shape index (κ2) is 7.16. The van der Waals surface area contributed by atoms with Gasteiger partial charge in [0.1, 0.15) is 35.7 Å². The van der Waals surface area contributed by atoms with E-state index in [-0.39, 0.29) is 11.9 Å². The summed E-state index contributed by atoms with van der Waals surface area (Å²) >= 11 is 0. The van der Waals surface area contributed by atoms with Gasteiger partial charge < -0.3 is 24.5 Å². The number of anilines is 1. The first kappa shape index (κ1) is 18.7. The summed E-state index contributed by atoms with van der Waals surface area (Å²) in [5.74, 6) is 2.77. The van der Waals surface area contributed by atoms with E-state index in [1.165, 1.54) is 0 Å². The number of amides is 1. The number of carbonyl (C=O) groups excluding carboxylic acids is 1. The molecule has 2 aliphatic rings. The summed E-state index contributed by atoms with van der Waals surface area (Å²) in [5.41, 5.74) is 7.23. The smallest absolute Gasteiger partial charge is 0.240 e. The molecule has 5 heterocycles. The highest BCUT2D eigenvalue weighted by Gasteiger charge is 2.31. The Labute approximate surface area is 174 Å². The van der Waals surface area contributed by atoms with Gasteiger partial charge in [-0.2, -0.15) is 0 Å². The van der Waals surface area contributed by atoms with Crippen LogP contribution in [0.3, 0.4) is 0 Å². The van der Waals surface area contributed by atoms with Crippen molar-refractivity contribution in [3.05, 3.63) is 30.9 Å². The molecule has 2 aliphatic heterocycles. The second-order valence-corrected chi connectivity index (χ2v) is 8.04. The fourth-order valence-electron chi connectivity index (χ4n) is 4.30. The van der Waals surface area contributed by atoms with E-state index in [0.717, 1.165) is 48.0 Å². The van der Waals surface area contributed by atoms with Crippen LogP contribution in [0.15, 0.2) is 30.9 Å². The first-order chi connectivity index (χ1) is 14.5. The molecule has 0 unspecified atom stereocenters. The fraction of sp³-hybridized carbons (Fsp3) is 0.429. The molecule has 2 N–H and O–H groups in total. The minimum Gasteiger partial charge on any atom is -0.491 e. The van der Waals surface area contributed by atoms with Crippen molar-refractivity contribution in [2.24, 2.45) is 5.73 Å². The maximum atomic E-state index is 11.8. The molecule has 9 heteroatoms. The number of fused-ring (bicyclic) bond motifs is 3. The first-order valence-corrected chi connectivity index (χ1v) is 10.3. The van der Waals surface area contributed by atoms with Crippen molar-refractivity contribution in [3.63, 3.8) is 0 Å². The Hall–Kier alpha value is -3.36. The van der Waals surface area contributed by atoms with Gasteiger partial charge in [-0.05, 0) is 26.7 Å². The van der Waals surface area contributed by atoms with Crippen LogP contribution in [0.1, 0.15) is 32.7 Å². The molecule has 0 aliphatic carbocycles. The zero-order chi connectivity index (χ0) is 20.8. The third-order valence-corrected chi connectivity index (χ3v) is 5.79. The largest absolute Gasteiger partial charge is 0.491 e. The van der Waals surface area contributed by atoms with E-state index < -0.39 is 0 Å².